The molecule has 1 heterocycles. The summed E-state index contributed by atoms with van der Waals surface area (Å²) in [4.78, 5) is 53.6. The van der Waals surface area contributed by atoms with E-state index in [4.69, 9.17) is 9.47 Å². The quantitative estimate of drug-likeness (QED) is 0.178. The van der Waals surface area contributed by atoms with Crippen LogP contribution in [-0.2, 0) is 35.1 Å². The number of esters is 2. The zero-order valence-corrected chi connectivity index (χ0v) is 25.5. The highest BCUT2D eigenvalue weighted by molar-refractivity contribution is 8.00. The van der Waals surface area contributed by atoms with Crippen LogP contribution in [-0.4, -0.2) is 52.9 Å². The SMILES string of the molecule is COC(=O)CCSC1C(NC(=O)Cc2cccc(C#N)c2)C(=O)N1C(C(=O)OC(c1ccccc1)c1ccccc1)=C(C)C. The van der Waals surface area contributed by atoms with Crippen molar-refractivity contribution in [2.45, 2.75) is 44.2 Å². The lowest BCUT2D eigenvalue weighted by Crippen LogP contribution is -2.69. The number of rotatable bonds is 12. The Morgan fingerprint density at radius 2 is 1.61 bits per heavy atom. The highest BCUT2D eigenvalue weighted by atomic mass is 32.2. The summed E-state index contributed by atoms with van der Waals surface area (Å²) in [5.41, 5.74) is 3.22. The van der Waals surface area contributed by atoms with Gasteiger partial charge >= 0.3 is 11.9 Å². The van der Waals surface area contributed by atoms with E-state index in [1.165, 1.54) is 23.8 Å². The van der Waals surface area contributed by atoms with E-state index in [9.17, 15) is 24.4 Å². The predicted octanol–water partition coefficient (Wildman–Crippen LogP) is 4.68. The fourth-order valence-corrected chi connectivity index (χ4v) is 6.08. The number of carbonyl (C=O) groups excluding carboxylic acids is 4. The molecule has 10 heteroatoms. The third kappa shape index (κ3) is 7.74. The van der Waals surface area contributed by atoms with Gasteiger partial charge < -0.3 is 14.8 Å². The van der Waals surface area contributed by atoms with Crippen LogP contribution in [0.2, 0.25) is 0 Å². The number of hydrogen-bond acceptors (Lipinski definition) is 8. The summed E-state index contributed by atoms with van der Waals surface area (Å²) < 4.78 is 10.8. The fraction of sp³-hybridized carbons (Fsp3) is 0.265. The Morgan fingerprint density at radius 3 is 2.18 bits per heavy atom. The van der Waals surface area contributed by atoms with Gasteiger partial charge in [-0.2, -0.15) is 5.26 Å². The summed E-state index contributed by atoms with van der Waals surface area (Å²) in [6.07, 6.45) is -0.674. The zero-order valence-electron chi connectivity index (χ0n) is 24.7. The number of thioether (sulfide) groups is 1. The van der Waals surface area contributed by atoms with Gasteiger partial charge in [0.2, 0.25) is 5.91 Å². The van der Waals surface area contributed by atoms with E-state index >= 15 is 0 Å². The van der Waals surface area contributed by atoms with Crippen LogP contribution in [0.3, 0.4) is 0 Å². The number of likely N-dealkylation sites (tertiary alicyclic amines) is 1. The maximum atomic E-state index is 13.9. The average Bonchev–Trinajstić information content (AvgIpc) is 3.04. The van der Waals surface area contributed by atoms with E-state index in [-0.39, 0.29) is 18.5 Å². The van der Waals surface area contributed by atoms with Crippen molar-refractivity contribution in [1.82, 2.24) is 10.2 Å². The summed E-state index contributed by atoms with van der Waals surface area (Å²) in [7, 11) is 1.30. The molecule has 0 aliphatic carbocycles. The van der Waals surface area contributed by atoms with E-state index in [0.29, 0.717) is 22.5 Å². The molecule has 4 rings (SSSR count). The smallest absolute Gasteiger partial charge is 0.355 e. The van der Waals surface area contributed by atoms with Gasteiger partial charge in [0.15, 0.2) is 6.10 Å². The molecule has 2 unspecified atom stereocenters. The van der Waals surface area contributed by atoms with E-state index in [0.717, 1.165) is 11.1 Å². The predicted molar refractivity (Wildman–Crippen MR) is 166 cm³/mol. The van der Waals surface area contributed by atoms with Crippen molar-refractivity contribution in [3.8, 4) is 6.07 Å². The van der Waals surface area contributed by atoms with Gasteiger partial charge in [-0.3, -0.25) is 19.3 Å². The van der Waals surface area contributed by atoms with Crippen LogP contribution >= 0.6 is 11.8 Å². The number of benzene rings is 3. The molecule has 9 nitrogen and oxygen atoms in total. The number of ether oxygens (including phenoxy) is 2. The molecule has 1 saturated heterocycles. The lowest BCUT2D eigenvalue weighted by molar-refractivity contribution is -0.154. The maximum Gasteiger partial charge on any atom is 0.355 e. The number of nitrogens with one attached hydrogen (secondary N) is 1. The highest BCUT2D eigenvalue weighted by Crippen LogP contribution is 2.37. The van der Waals surface area contributed by atoms with E-state index < -0.39 is 41.3 Å². The van der Waals surface area contributed by atoms with Gasteiger partial charge in [0.1, 0.15) is 17.1 Å². The van der Waals surface area contributed by atoms with Gasteiger partial charge in [-0.25, -0.2) is 4.79 Å². The molecule has 0 spiro atoms. The number of amides is 2. The second-order valence-electron chi connectivity index (χ2n) is 10.3. The molecule has 44 heavy (non-hydrogen) atoms. The Morgan fingerprint density at radius 1 is 0.977 bits per heavy atom. The van der Waals surface area contributed by atoms with Crippen molar-refractivity contribution in [1.29, 1.82) is 5.26 Å². The summed E-state index contributed by atoms with van der Waals surface area (Å²) in [5.74, 6) is -1.69. The maximum absolute atomic E-state index is 13.9. The number of carbonyl (C=O) groups is 4. The van der Waals surface area contributed by atoms with Crippen LogP contribution in [0.5, 0.6) is 0 Å². The van der Waals surface area contributed by atoms with E-state index in [1.807, 2.05) is 66.7 Å². The Bertz CT molecular complexity index is 1540. The standard InChI is InChI=1S/C34H33N3O6S/c1-22(2)30(34(41)43-31(25-13-6-4-7-14-25)26-15-8-5-9-16-26)37-32(40)29(33(37)44-18-17-28(39)42-3)36-27(38)20-23-11-10-12-24(19-23)21-35/h4-16,19,29,31,33H,17-18,20H2,1-3H3,(H,36,38). The highest BCUT2D eigenvalue weighted by Gasteiger charge is 2.52. The number of hydrogen-bond donors (Lipinski definition) is 1. The van der Waals surface area contributed by atoms with Crippen molar-refractivity contribution >= 4 is 35.5 Å². The topological polar surface area (TPSA) is 126 Å². The molecule has 1 aliphatic rings. The number of methoxy groups -OCH3 is 1. The molecule has 1 fully saturated rings. The van der Waals surface area contributed by atoms with Crippen LogP contribution in [0.1, 0.15) is 48.6 Å². The number of β-lactam (4-membered cyclic amide) rings is 1. The van der Waals surface area contributed by atoms with Gasteiger partial charge in [-0.1, -0.05) is 72.8 Å². The minimum Gasteiger partial charge on any atom is -0.469 e. The lowest BCUT2D eigenvalue weighted by Gasteiger charge is -2.47. The molecule has 0 bridgehead atoms. The second kappa shape index (κ2) is 15.0. The van der Waals surface area contributed by atoms with Gasteiger partial charge in [-0.15, -0.1) is 11.8 Å². The van der Waals surface area contributed by atoms with Crippen LogP contribution in [0.15, 0.2) is 96.2 Å². The Labute approximate surface area is 260 Å². The number of nitrogens with zero attached hydrogens (tertiary/aromatic N) is 2. The number of allylic oxidation sites excluding steroid dienone is 1. The zero-order chi connectivity index (χ0) is 31.6. The third-order valence-corrected chi connectivity index (χ3v) is 8.20. The largest absolute Gasteiger partial charge is 0.469 e. The fourth-order valence-electron chi connectivity index (χ4n) is 4.82. The molecule has 2 atom stereocenters. The molecular weight excluding hydrogens is 578 g/mol. The van der Waals surface area contributed by atoms with Gasteiger partial charge in [-0.05, 0) is 48.2 Å². The summed E-state index contributed by atoms with van der Waals surface area (Å²) >= 11 is 1.26. The third-order valence-electron chi connectivity index (χ3n) is 6.94. The molecular formula is C34H33N3O6S. The number of nitriles is 1. The first-order valence-corrected chi connectivity index (χ1v) is 15.1. The first-order valence-electron chi connectivity index (χ1n) is 14.0. The van der Waals surface area contributed by atoms with Crippen molar-refractivity contribution in [3.63, 3.8) is 0 Å². The molecule has 3 aromatic rings. The molecule has 2 amide bonds. The normalized spacial score (nSPS) is 15.5. The molecule has 1 N–H and O–H groups in total. The minimum atomic E-state index is -0.939. The second-order valence-corrected chi connectivity index (χ2v) is 11.5. The Hall–Kier alpha value is -4.88. The Balaban J connectivity index is 1.57. The molecule has 3 aromatic carbocycles. The molecule has 0 radical (unpaired) electrons. The van der Waals surface area contributed by atoms with E-state index in [2.05, 4.69) is 5.32 Å². The van der Waals surface area contributed by atoms with Gasteiger partial charge in [0.05, 0.1) is 31.6 Å². The molecule has 1 aliphatic heterocycles. The summed E-state index contributed by atoms with van der Waals surface area (Å²) in [6, 6.07) is 26.4. The van der Waals surface area contributed by atoms with Crippen LogP contribution in [0.4, 0.5) is 0 Å². The van der Waals surface area contributed by atoms with Crippen LogP contribution in [0, 0.1) is 11.3 Å². The first kappa shape index (κ1) is 32.0. The monoisotopic (exact) mass is 611 g/mol. The first-order chi connectivity index (χ1) is 21.2. The molecule has 226 valence electrons. The van der Waals surface area contributed by atoms with Crippen LogP contribution in [0.25, 0.3) is 0 Å². The van der Waals surface area contributed by atoms with Crippen LogP contribution < -0.4 is 5.32 Å². The minimum absolute atomic E-state index is 0.0355. The van der Waals surface area contributed by atoms with Crippen molar-refractivity contribution < 1.29 is 28.7 Å². The average molecular weight is 612 g/mol. The summed E-state index contributed by atoms with van der Waals surface area (Å²) in [6.45, 7) is 3.43. The Kier molecular flexibility index (Phi) is 10.9. The van der Waals surface area contributed by atoms with Gasteiger partial charge in [0, 0.05) is 5.75 Å². The molecule has 0 aromatic heterocycles. The van der Waals surface area contributed by atoms with E-state index in [1.54, 1.807) is 38.1 Å². The van der Waals surface area contributed by atoms with Crippen molar-refractivity contribution in [3.05, 3.63) is 118 Å². The molecule has 0 saturated carbocycles. The van der Waals surface area contributed by atoms with Gasteiger partial charge in [0.25, 0.3) is 5.91 Å². The summed E-state index contributed by atoms with van der Waals surface area (Å²) in [5, 5.41) is 11.3. The van der Waals surface area contributed by atoms with Crippen molar-refractivity contribution in [2.24, 2.45) is 0 Å². The van der Waals surface area contributed by atoms with Crippen molar-refractivity contribution in [2.75, 3.05) is 12.9 Å². The lowest BCUT2D eigenvalue weighted by atomic mass is 10.0.